The average molecular weight is 334 g/mol. The van der Waals surface area contributed by atoms with Crippen LogP contribution in [0.3, 0.4) is 0 Å². The number of benzene rings is 2. The molecule has 0 radical (unpaired) electrons. The fraction of sp³-hybridized carbons (Fsp3) is 0.278. The number of hydrogen-bond acceptors (Lipinski definition) is 3. The Labute approximate surface area is 141 Å². The lowest BCUT2D eigenvalue weighted by atomic mass is 10.2. The van der Waals surface area contributed by atoms with Crippen LogP contribution in [0.15, 0.2) is 42.5 Å². The summed E-state index contributed by atoms with van der Waals surface area (Å²) in [6, 6.07) is 12.9. The monoisotopic (exact) mass is 333 g/mol. The van der Waals surface area contributed by atoms with Crippen LogP contribution in [0, 0.1) is 6.92 Å². The standard InChI is InChI=1S/C18H20ClNO3/c1-3-22-16-6-4-5-7-17(16)23-11-10-18(21)20-15-9-8-13(2)12-14(15)19/h4-9,12H,3,10-11H2,1-2H3,(H,20,21). The first-order chi connectivity index (χ1) is 11.1. The number of hydrogen-bond donors (Lipinski definition) is 1. The number of aryl methyl sites for hydroxylation is 1. The van der Waals surface area contributed by atoms with E-state index in [1.165, 1.54) is 0 Å². The second-order valence-electron chi connectivity index (χ2n) is 5.01. The van der Waals surface area contributed by atoms with Crippen molar-refractivity contribution in [3.05, 3.63) is 53.1 Å². The fourth-order valence-corrected chi connectivity index (χ4v) is 2.31. The maximum atomic E-state index is 12.0. The SMILES string of the molecule is CCOc1ccccc1OCCC(=O)Nc1ccc(C)cc1Cl. The maximum Gasteiger partial charge on any atom is 0.227 e. The van der Waals surface area contributed by atoms with E-state index in [1.807, 2.05) is 50.2 Å². The van der Waals surface area contributed by atoms with Gasteiger partial charge in [0.1, 0.15) is 0 Å². The van der Waals surface area contributed by atoms with Gasteiger partial charge in [0.25, 0.3) is 0 Å². The number of anilines is 1. The smallest absolute Gasteiger partial charge is 0.227 e. The molecule has 0 aliphatic carbocycles. The van der Waals surface area contributed by atoms with E-state index < -0.39 is 0 Å². The molecule has 0 unspecified atom stereocenters. The normalized spacial score (nSPS) is 10.2. The second-order valence-corrected chi connectivity index (χ2v) is 5.42. The Bertz CT molecular complexity index is 673. The van der Waals surface area contributed by atoms with Crippen LogP contribution in [0.1, 0.15) is 18.9 Å². The van der Waals surface area contributed by atoms with Crippen molar-refractivity contribution >= 4 is 23.2 Å². The zero-order valence-corrected chi connectivity index (χ0v) is 14.0. The van der Waals surface area contributed by atoms with Crippen LogP contribution < -0.4 is 14.8 Å². The maximum absolute atomic E-state index is 12.0. The number of carbonyl (C=O) groups is 1. The van der Waals surface area contributed by atoms with Crippen LogP contribution in [-0.2, 0) is 4.79 Å². The van der Waals surface area contributed by atoms with Crippen molar-refractivity contribution in [1.82, 2.24) is 0 Å². The molecule has 2 rings (SSSR count). The third-order valence-electron chi connectivity index (χ3n) is 3.13. The van der Waals surface area contributed by atoms with E-state index >= 15 is 0 Å². The van der Waals surface area contributed by atoms with Crippen molar-refractivity contribution in [2.75, 3.05) is 18.5 Å². The third kappa shape index (κ3) is 5.18. The molecule has 0 aliphatic heterocycles. The van der Waals surface area contributed by atoms with Crippen molar-refractivity contribution in [2.45, 2.75) is 20.3 Å². The first kappa shape index (κ1) is 17.2. The first-order valence-electron chi connectivity index (χ1n) is 7.50. The van der Waals surface area contributed by atoms with Gasteiger partial charge in [-0.3, -0.25) is 4.79 Å². The Morgan fingerprint density at radius 3 is 2.48 bits per heavy atom. The van der Waals surface area contributed by atoms with E-state index in [4.69, 9.17) is 21.1 Å². The molecule has 1 N–H and O–H groups in total. The molecule has 0 fully saturated rings. The van der Waals surface area contributed by atoms with Gasteiger partial charge >= 0.3 is 0 Å². The number of ether oxygens (including phenoxy) is 2. The van der Waals surface area contributed by atoms with Gasteiger partial charge in [-0.15, -0.1) is 0 Å². The van der Waals surface area contributed by atoms with Gasteiger partial charge in [-0.2, -0.15) is 0 Å². The van der Waals surface area contributed by atoms with E-state index in [1.54, 1.807) is 6.07 Å². The van der Waals surface area contributed by atoms with Crippen LogP contribution in [0.5, 0.6) is 11.5 Å². The third-order valence-corrected chi connectivity index (χ3v) is 3.45. The highest BCUT2D eigenvalue weighted by Gasteiger charge is 2.08. The van der Waals surface area contributed by atoms with Gasteiger partial charge in [0.05, 0.1) is 30.3 Å². The minimum Gasteiger partial charge on any atom is -0.490 e. The minimum atomic E-state index is -0.148. The number of amides is 1. The zero-order chi connectivity index (χ0) is 16.7. The van der Waals surface area contributed by atoms with Crippen LogP contribution in [-0.4, -0.2) is 19.1 Å². The van der Waals surface area contributed by atoms with E-state index in [0.717, 1.165) is 5.56 Å². The molecule has 4 nitrogen and oxygen atoms in total. The molecular weight excluding hydrogens is 314 g/mol. The van der Waals surface area contributed by atoms with Crippen molar-refractivity contribution in [2.24, 2.45) is 0 Å². The Morgan fingerprint density at radius 1 is 1.13 bits per heavy atom. The van der Waals surface area contributed by atoms with Gasteiger partial charge in [-0.05, 0) is 43.7 Å². The molecule has 0 aliphatic rings. The van der Waals surface area contributed by atoms with Gasteiger partial charge in [0.15, 0.2) is 11.5 Å². The quantitative estimate of drug-likeness (QED) is 0.814. The van der Waals surface area contributed by atoms with Gasteiger partial charge in [-0.25, -0.2) is 0 Å². The minimum absolute atomic E-state index is 0.148. The van der Waals surface area contributed by atoms with Gasteiger partial charge in [0.2, 0.25) is 5.91 Å². The summed E-state index contributed by atoms with van der Waals surface area (Å²) < 4.78 is 11.1. The molecule has 0 bridgehead atoms. The zero-order valence-electron chi connectivity index (χ0n) is 13.3. The van der Waals surface area contributed by atoms with E-state index in [2.05, 4.69) is 5.32 Å². The Hall–Kier alpha value is -2.20. The number of carbonyl (C=O) groups excluding carboxylic acids is 1. The highest BCUT2D eigenvalue weighted by atomic mass is 35.5. The van der Waals surface area contributed by atoms with Crippen LogP contribution in [0.2, 0.25) is 5.02 Å². The van der Waals surface area contributed by atoms with Gasteiger partial charge in [-0.1, -0.05) is 29.8 Å². The summed E-state index contributed by atoms with van der Waals surface area (Å²) in [6.45, 7) is 4.68. The molecule has 0 heterocycles. The molecule has 0 spiro atoms. The highest BCUT2D eigenvalue weighted by Crippen LogP contribution is 2.26. The number of para-hydroxylation sites is 2. The fourth-order valence-electron chi connectivity index (χ4n) is 2.03. The molecule has 2 aromatic rings. The van der Waals surface area contributed by atoms with Crippen LogP contribution in [0.25, 0.3) is 0 Å². The Balaban J connectivity index is 1.85. The number of rotatable bonds is 7. The number of halogens is 1. The summed E-state index contributed by atoms with van der Waals surface area (Å²) in [5.74, 6) is 1.16. The van der Waals surface area contributed by atoms with Crippen LogP contribution >= 0.6 is 11.6 Å². The number of nitrogens with one attached hydrogen (secondary N) is 1. The largest absolute Gasteiger partial charge is 0.490 e. The summed E-state index contributed by atoms with van der Waals surface area (Å²) in [5.41, 5.74) is 1.65. The lowest BCUT2D eigenvalue weighted by Gasteiger charge is -2.12. The Morgan fingerprint density at radius 2 is 1.83 bits per heavy atom. The average Bonchev–Trinajstić information content (AvgIpc) is 2.52. The Kier molecular flexibility index (Phi) is 6.29. The van der Waals surface area contributed by atoms with E-state index in [9.17, 15) is 4.79 Å². The van der Waals surface area contributed by atoms with Gasteiger partial charge < -0.3 is 14.8 Å². The molecule has 23 heavy (non-hydrogen) atoms. The summed E-state index contributed by atoms with van der Waals surface area (Å²) in [6.07, 6.45) is 0.227. The van der Waals surface area contributed by atoms with Crippen molar-refractivity contribution in [1.29, 1.82) is 0 Å². The molecule has 1 amide bonds. The van der Waals surface area contributed by atoms with Crippen molar-refractivity contribution in [3.8, 4) is 11.5 Å². The molecular formula is C18H20ClNO3. The molecule has 2 aromatic carbocycles. The predicted octanol–water partition coefficient (Wildman–Crippen LogP) is 4.45. The van der Waals surface area contributed by atoms with E-state index in [0.29, 0.717) is 28.8 Å². The topological polar surface area (TPSA) is 47.6 Å². The lowest BCUT2D eigenvalue weighted by molar-refractivity contribution is -0.116. The molecule has 0 aromatic heterocycles. The molecule has 5 heteroatoms. The summed E-state index contributed by atoms with van der Waals surface area (Å²) >= 11 is 6.10. The second kappa shape index (κ2) is 8.44. The van der Waals surface area contributed by atoms with E-state index in [-0.39, 0.29) is 18.9 Å². The molecule has 122 valence electrons. The highest BCUT2D eigenvalue weighted by molar-refractivity contribution is 6.33. The lowest BCUT2D eigenvalue weighted by Crippen LogP contribution is -2.15. The van der Waals surface area contributed by atoms with Crippen LogP contribution in [0.4, 0.5) is 5.69 Å². The summed E-state index contributed by atoms with van der Waals surface area (Å²) in [4.78, 5) is 12.0. The van der Waals surface area contributed by atoms with Crippen molar-refractivity contribution in [3.63, 3.8) is 0 Å². The van der Waals surface area contributed by atoms with Crippen molar-refractivity contribution < 1.29 is 14.3 Å². The first-order valence-corrected chi connectivity index (χ1v) is 7.88. The summed E-state index contributed by atoms with van der Waals surface area (Å²) in [7, 11) is 0. The predicted molar refractivity (Wildman–Crippen MR) is 92.5 cm³/mol. The molecule has 0 atom stereocenters. The molecule has 0 saturated heterocycles. The molecule has 0 saturated carbocycles. The summed E-state index contributed by atoms with van der Waals surface area (Å²) in [5, 5.41) is 3.31. The van der Waals surface area contributed by atoms with Gasteiger partial charge in [0, 0.05) is 0 Å².